The first-order valence-corrected chi connectivity index (χ1v) is 6.73. The van der Waals surface area contributed by atoms with Gasteiger partial charge >= 0.3 is 0 Å². The highest BCUT2D eigenvalue weighted by molar-refractivity contribution is 4.90. The van der Waals surface area contributed by atoms with Crippen molar-refractivity contribution in [3.63, 3.8) is 0 Å². The second-order valence-corrected chi connectivity index (χ2v) is 6.51. The Hall–Kier alpha value is -0.0800. The van der Waals surface area contributed by atoms with Gasteiger partial charge in [0.25, 0.3) is 0 Å². The van der Waals surface area contributed by atoms with Crippen molar-refractivity contribution in [3.8, 4) is 0 Å². The van der Waals surface area contributed by atoms with Crippen LogP contribution in [0.15, 0.2) is 0 Å². The van der Waals surface area contributed by atoms with Crippen LogP contribution in [0.3, 0.4) is 0 Å². The third-order valence-corrected chi connectivity index (χ3v) is 3.85. The van der Waals surface area contributed by atoms with Gasteiger partial charge in [-0.2, -0.15) is 0 Å². The molecule has 2 nitrogen and oxygen atoms in total. The van der Waals surface area contributed by atoms with E-state index in [2.05, 4.69) is 27.7 Å². The third kappa shape index (κ3) is 4.06. The molecule has 0 spiro atoms. The Labute approximate surface area is 101 Å². The predicted molar refractivity (Wildman–Crippen MR) is 69.4 cm³/mol. The van der Waals surface area contributed by atoms with E-state index in [1.165, 1.54) is 25.7 Å². The Kier molecular flexibility index (Phi) is 4.81. The number of nitrogens with two attached hydrogens (primary N) is 1. The van der Waals surface area contributed by atoms with Crippen molar-refractivity contribution < 1.29 is 4.74 Å². The summed E-state index contributed by atoms with van der Waals surface area (Å²) >= 11 is 0. The van der Waals surface area contributed by atoms with Crippen LogP contribution in [0.4, 0.5) is 0 Å². The smallest absolute Gasteiger partial charge is 0.0631 e. The van der Waals surface area contributed by atoms with Gasteiger partial charge in [-0.15, -0.1) is 0 Å². The fourth-order valence-electron chi connectivity index (χ4n) is 3.04. The summed E-state index contributed by atoms with van der Waals surface area (Å²) in [4.78, 5) is 0. The average Bonchev–Trinajstić information content (AvgIpc) is 2.14. The monoisotopic (exact) mass is 227 g/mol. The van der Waals surface area contributed by atoms with Gasteiger partial charge in [0.05, 0.1) is 5.60 Å². The van der Waals surface area contributed by atoms with Gasteiger partial charge in [-0.3, -0.25) is 0 Å². The van der Waals surface area contributed by atoms with Crippen molar-refractivity contribution in [3.05, 3.63) is 0 Å². The fraction of sp³-hybridized carbons (Fsp3) is 1.00. The lowest BCUT2D eigenvalue weighted by Crippen LogP contribution is -2.42. The summed E-state index contributed by atoms with van der Waals surface area (Å²) < 4.78 is 5.83. The third-order valence-electron chi connectivity index (χ3n) is 3.85. The minimum Gasteiger partial charge on any atom is -0.376 e. The van der Waals surface area contributed by atoms with E-state index in [-0.39, 0.29) is 5.60 Å². The second-order valence-electron chi connectivity index (χ2n) is 6.51. The highest BCUT2D eigenvalue weighted by Gasteiger charge is 2.39. The van der Waals surface area contributed by atoms with E-state index < -0.39 is 0 Å². The standard InChI is InChI=1S/C14H29NO/c1-12(2)5-6-14(7-9-15)8-10-16-13(3,4)11-14/h12H,5-11,15H2,1-4H3/t14-/m0/s1. The maximum atomic E-state index is 5.83. The topological polar surface area (TPSA) is 35.2 Å². The lowest BCUT2D eigenvalue weighted by atomic mass is 9.68. The van der Waals surface area contributed by atoms with Gasteiger partial charge in [-0.05, 0) is 57.4 Å². The van der Waals surface area contributed by atoms with Crippen molar-refractivity contribution in [2.24, 2.45) is 17.1 Å². The van der Waals surface area contributed by atoms with Crippen molar-refractivity contribution >= 4 is 0 Å². The van der Waals surface area contributed by atoms with E-state index in [9.17, 15) is 0 Å². The summed E-state index contributed by atoms with van der Waals surface area (Å²) in [6.45, 7) is 10.8. The molecule has 0 amide bonds. The molecule has 0 radical (unpaired) electrons. The first-order chi connectivity index (χ1) is 7.39. The quantitative estimate of drug-likeness (QED) is 0.781. The molecule has 0 unspecified atom stereocenters. The van der Waals surface area contributed by atoms with E-state index in [1.54, 1.807) is 0 Å². The fourth-order valence-corrected chi connectivity index (χ4v) is 3.04. The SMILES string of the molecule is CC(C)CC[C@]1(CCN)CCOC(C)(C)C1. The first kappa shape index (κ1) is 14.0. The first-order valence-electron chi connectivity index (χ1n) is 6.73. The minimum absolute atomic E-state index is 0.0460. The second kappa shape index (κ2) is 5.50. The van der Waals surface area contributed by atoms with Gasteiger partial charge < -0.3 is 10.5 Å². The van der Waals surface area contributed by atoms with Gasteiger partial charge in [-0.25, -0.2) is 0 Å². The molecule has 0 aliphatic carbocycles. The predicted octanol–water partition coefficient (Wildman–Crippen LogP) is 3.35. The molecular formula is C14H29NO. The summed E-state index contributed by atoms with van der Waals surface area (Å²) in [5, 5.41) is 0. The van der Waals surface area contributed by atoms with E-state index in [0.29, 0.717) is 5.41 Å². The summed E-state index contributed by atoms with van der Waals surface area (Å²) in [5.41, 5.74) is 6.29. The Balaban J connectivity index is 2.63. The molecule has 0 aromatic rings. The van der Waals surface area contributed by atoms with Gasteiger partial charge in [-0.1, -0.05) is 20.3 Å². The molecule has 2 N–H and O–H groups in total. The van der Waals surface area contributed by atoms with Crippen LogP contribution < -0.4 is 5.73 Å². The van der Waals surface area contributed by atoms with Crippen LogP contribution in [0.2, 0.25) is 0 Å². The largest absolute Gasteiger partial charge is 0.376 e. The number of rotatable bonds is 5. The highest BCUT2D eigenvalue weighted by atomic mass is 16.5. The lowest BCUT2D eigenvalue weighted by molar-refractivity contribution is -0.110. The van der Waals surface area contributed by atoms with Crippen molar-refractivity contribution in [2.75, 3.05) is 13.2 Å². The molecule has 0 aromatic carbocycles. The molecule has 1 aliphatic rings. The average molecular weight is 227 g/mol. The Bertz CT molecular complexity index is 209. The molecule has 1 fully saturated rings. The van der Waals surface area contributed by atoms with Crippen molar-refractivity contribution in [2.45, 2.75) is 65.4 Å². The van der Waals surface area contributed by atoms with Crippen molar-refractivity contribution in [1.29, 1.82) is 0 Å². The molecule has 1 heterocycles. The van der Waals surface area contributed by atoms with E-state index in [1.807, 2.05) is 0 Å². The molecule has 0 bridgehead atoms. The Morgan fingerprint density at radius 3 is 2.44 bits per heavy atom. The zero-order valence-electron chi connectivity index (χ0n) is 11.5. The molecule has 1 aliphatic heterocycles. The molecule has 0 saturated carbocycles. The minimum atomic E-state index is 0.0460. The molecular weight excluding hydrogens is 198 g/mol. The maximum absolute atomic E-state index is 5.83. The number of hydrogen-bond acceptors (Lipinski definition) is 2. The highest BCUT2D eigenvalue weighted by Crippen LogP contribution is 2.45. The zero-order valence-corrected chi connectivity index (χ0v) is 11.5. The molecule has 1 rings (SSSR count). The van der Waals surface area contributed by atoms with Gasteiger partial charge in [0, 0.05) is 6.61 Å². The molecule has 0 aromatic heterocycles. The van der Waals surface area contributed by atoms with E-state index in [4.69, 9.17) is 10.5 Å². The summed E-state index contributed by atoms with van der Waals surface area (Å²) in [6, 6.07) is 0. The normalized spacial score (nSPS) is 29.6. The molecule has 2 heteroatoms. The summed E-state index contributed by atoms with van der Waals surface area (Å²) in [6.07, 6.45) is 6.15. The van der Waals surface area contributed by atoms with E-state index in [0.717, 1.165) is 25.5 Å². The van der Waals surface area contributed by atoms with E-state index >= 15 is 0 Å². The van der Waals surface area contributed by atoms with Crippen LogP contribution >= 0.6 is 0 Å². The molecule has 1 atom stereocenters. The van der Waals surface area contributed by atoms with Crippen LogP contribution in [-0.4, -0.2) is 18.8 Å². The van der Waals surface area contributed by atoms with Crippen LogP contribution in [0.5, 0.6) is 0 Å². The molecule has 96 valence electrons. The Morgan fingerprint density at radius 2 is 1.94 bits per heavy atom. The Morgan fingerprint density at radius 1 is 1.25 bits per heavy atom. The van der Waals surface area contributed by atoms with Crippen molar-refractivity contribution in [1.82, 2.24) is 0 Å². The van der Waals surface area contributed by atoms with Gasteiger partial charge in [0.15, 0.2) is 0 Å². The molecule has 16 heavy (non-hydrogen) atoms. The number of ether oxygens (including phenoxy) is 1. The van der Waals surface area contributed by atoms with Crippen LogP contribution in [-0.2, 0) is 4.74 Å². The van der Waals surface area contributed by atoms with Gasteiger partial charge in [0.2, 0.25) is 0 Å². The van der Waals surface area contributed by atoms with Crippen LogP contribution in [0, 0.1) is 11.3 Å². The number of hydrogen-bond donors (Lipinski definition) is 1. The lowest BCUT2D eigenvalue weighted by Gasteiger charge is -2.45. The van der Waals surface area contributed by atoms with Crippen LogP contribution in [0.1, 0.15) is 59.8 Å². The summed E-state index contributed by atoms with van der Waals surface area (Å²) in [5.74, 6) is 0.792. The van der Waals surface area contributed by atoms with Crippen LogP contribution in [0.25, 0.3) is 0 Å². The van der Waals surface area contributed by atoms with Gasteiger partial charge in [0.1, 0.15) is 0 Å². The zero-order chi connectivity index (χ0) is 12.2. The molecule has 1 saturated heterocycles. The maximum Gasteiger partial charge on any atom is 0.0631 e. The summed E-state index contributed by atoms with van der Waals surface area (Å²) in [7, 11) is 0.